The third kappa shape index (κ3) is 3.75. The predicted molar refractivity (Wildman–Crippen MR) is 90.3 cm³/mol. The molecule has 2 nitrogen and oxygen atoms in total. The molecule has 3 rings (SSSR count). The minimum Gasteiger partial charge on any atom is -0.308 e. The van der Waals surface area contributed by atoms with Crippen molar-refractivity contribution in [3.05, 3.63) is 41.5 Å². The van der Waals surface area contributed by atoms with Gasteiger partial charge in [0.2, 0.25) is 0 Å². The maximum Gasteiger partial charge on any atom is 0.0340 e. The highest BCUT2D eigenvalue weighted by Crippen LogP contribution is 2.29. The van der Waals surface area contributed by atoms with Gasteiger partial charge in [-0.25, -0.2) is 0 Å². The number of piperidine rings is 2. The fourth-order valence-electron chi connectivity index (χ4n) is 3.65. The van der Waals surface area contributed by atoms with Gasteiger partial charge in [0.05, 0.1) is 0 Å². The third-order valence-corrected chi connectivity index (χ3v) is 4.89. The van der Waals surface area contributed by atoms with E-state index in [2.05, 4.69) is 60.5 Å². The van der Waals surface area contributed by atoms with Crippen molar-refractivity contribution in [2.75, 3.05) is 19.6 Å². The average Bonchev–Trinajstić information content (AvgIpc) is 2.51. The van der Waals surface area contributed by atoms with Crippen molar-refractivity contribution in [1.29, 1.82) is 0 Å². The van der Waals surface area contributed by atoms with E-state index in [1.807, 2.05) is 0 Å². The second-order valence-electron chi connectivity index (χ2n) is 7.18. The van der Waals surface area contributed by atoms with Gasteiger partial charge >= 0.3 is 0 Å². The van der Waals surface area contributed by atoms with E-state index in [1.54, 1.807) is 5.57 Å². The fourth-order valence-corrected chi connectivity index (χ4v) is 3.65. The predicted octanol–water partition coefficient (Wildman–Crippen LogP) is 3.70. The van der Waals surface area contributed by atoms with Gasteiger partial charge in [-0.05, 0) is 57.3 Å². The summed E-state index contributed by atoms with van der Waals surface area (Å²) in [6, 6.07) is 11.4. The Morgan fingerprint density at radius 2 is 1.81 bits per heavy atom. The number of likely N-dealkylation sites (tertiary alicyclic amines) is 1. The van der Waals surface area contributed by atoms with E-state index in [9.17, 15) is 0 Å². The highest BCUT2D eigenvalue weighted by Gasteiger charge is 2.34. The van der Waals surface area contributed by atoms with Crippen LogP contribution in [0.4, 0.5) is 0 Å². The summed E-state index contributed by atoms with van der Waals surface area (Å²) in [5.74, 6) is 0. The molecule has 0 aliphatic carbocycles. The number of rotatable bonds is 2. The number of nitrogens with one attached hydrogen (secondary N) is 1. The SMILES string of the molecule is CC1(C)CC(N2CCCCC2)/C(=C/c2ccccc2)CN1. The third-order valence-electron chi connectivity index (χ3n) is 4.89. The van der Waals surface area contributed by atoms with Crippen LogP contribution in [0.25, 0.3) is 6.08 Å². The first-order valence-electron chi connectivity index (χ1n) is 8.39. The second-order valence-corrected chi connectivity index (χ2v) is 7.18. The maximum atomic E-state index is 3.70. The van der Waals surface area contributed by atoms with Crippen molar-refractivity contribution in [1.82, 2.24) is 10.2 Å². The summed E-state index contributed by atoms with van der Waals surface area (Å²) in [6.45, 7) is 8.23. The summed E-state index contributed by atoms with van der Waals surface area (Å²) in [5, 5.41) is 3.70. The molecule has 0 saturated carbocycles. The number of nitrogens with zero attached hydrogens (tertiary/aromatic N) is 1. The van der Waals surface area contributed by atoms with Gasteiger partial charge in [0.25, 0.3) is 0 Å². The number of hydrogen-bond acceptors (Lipinski definition) is 2. The van der Waals surface area contributed by atoms with Gasteiger partial charge in [-0.1, -0.05) is 42.8 Å². The molecule has 114 valence electrons. The molecule has 0 radical (unpaired) electrons. The molecule has 0 aromatic heterocycles. The smallest absolute Gasteiger partial charge is 0.0340 e. The molecule has 1 unspecified atom stereocenters. The van der Waals surface area contributed by atoms with Gasteiger partial charge in [0.15, 0.2) is 0 Å². The van der Waals surface area contributed by atoms with Crippen LogP contribution >= 0.6 is 0 Å². The van der Waals surface area contributed by atoms with Crippen LogP contribution in [-0.2, 0) is 0 Å². The normalized spacial score (nSPS) is 28.7. The Kier molecular flexibility index (Phi) is 4.46. The zero-order chi connectivity index (χ0) is 14.7. The molecule has 2 heterocycles. The molecule has 0 bridgehead atoms. The first-order valence-corrected chi connectivity index (χ1v) is 8.39. The first-order chi connectivity index (χ1) is 10.1. The van der Waals surface area contributed by atoms with Crippen molar-refractivity contribution in [3.8, 4) is 0 Å². The van der Waals surface area contributed by atoms with E-state index < -0.39 is 0 Å². The van der Waals surface area contributed by atoms with E-state index in [-0.39, 0.29) is 5.54 Å². The molecule has 2 saturated heterocycles. The molecule has 2 aliphatic heterocycles. The van der Waals surface area contributed by atoms with Gasteiger partial charge in [-0.3, -0.25) is 4.90 Å². The van der Waals surface area contributed by atoms with E-state index >= 15 is 0 Å². The first kappa shape index (κ1) is 14.8. The van der Waals surface area contributed by atoms with E-state index in [0.29, 0.717) is 6.04 Å². The molecule has 1 atom stereocenters. The maximum absolute atomic E-state index is 3.70. The zero-order valence-corrected chi connectivity index (χ0v) is 13.4. The largest absolute Gasteiger partial charge is 0.308 e. The van der Waals surface area contributed by atoms with Crippen LogP contribution in [0.1, 0.15) is 45.1 Å². The minimum atomic E-state index is 0.246. The van der Waals surface area contributed by atoms with Crippen molar-refractivity contribution in [2.45, 2.75) is 51.1 Å². The summed E-state index contributed by atoms with van der Waals surface area (Å²) >= 11 is 0. The van der Waals surface area contributed by atoms with Crippen LogP contribution in [0, 0.1) is 0 Å². The number of hydrogen-bond donors (Lipinski definition) is 1. The van der Waals surface area contributed by atoms with Gasteiger partial charge in [0, 0.05) is 18.1 Å². The lowest BCUT2D eigenvalue weighted by molar-refractivity contribution is 0.135. The summed E-state index contributed by atoms with van der Waals surface area (Å²) in [4.78, 5) is 2.72. The van der Waals surface area contributed by atoms with Crippen molar-refractivity contribution < 1.29 is 0 Å². The Hall–Kier alpha value is -1.12. The Labute approximate surface area is 129 Å². The van der Waals surface area contributed by atoms with Crippen LogP contribution in [0.2, 0.25) is 0 Å². The van der Waals surface area contributed by atoms with Crippen molar-refractivity contribution in [2.24, 2.45) is 0 Å². The lowest BCUT2D eigenvalue weighted by Crippen LogP contribution is -2.55. The standard InChI is InChI=1S/C19H28N2/c1-19(2)14-18(21-11-7-4-8-12-21)17(15-20-19)13-16-9-5-3-6-10-16/h3,5-6,9-10,13,18,20H,4,7-8,11-12,14-15H2,1-2H3/b17-13+. The van der Waals surface area contributed by atoms with Crippen molar-refractivity contribution in [3.63, 3.8) is 0 Å². The molecular formula is C19H28N2. The van der Waals surface area contributed by atoms with Gasteiger partial charge in [0.1, 0.15) is 0 Å². The highest BCUT2D eigenvalue weighted by atomic mass is 15.2. The molecule has 1 aromatic carbocycles. The Bertz CT molecular complexity index is 484. The molecule has 21 heavy (non-hydrogen) atoms. The van der Waals surface area contributed by atoms with E-state index in [1.165, 1.54) is 44.3 Å². The lowest BCUT2D eigenvalue weighted by atomic mass is 9.84. The second kappa shape index (κ2) is 6.33. The van der Waals surface area contributed by atoms with Crippen molar-refractivity contribution >= 4 is 6.08 Å². The van der Waals surface area contributed by atoms with Crippen LogP contribution in [0.15, 0.2) is 35.9 Å². The quantitative estimate of drug-likeness (QED) is 0.891. The van der Waals surface area contributed by atoms with Crippen LogP contribution < -0.4 is 5.32 Å². The molecule has 1 N–H and O–H groups in total. The van der Waals surface area contributed by atoms with Gasteiger partial charge in [-0.15, -0.1) is 0 Å². The van der Waals surface area contributed by atoms with Gasteiger partial charge < -0.3 is 5.32 Å². The Morgan fingerprint density at radius 1 is 1.10 bits per heavy atom. The number of benzene rings is 1. The summed E-state index contributed by atoms with van der Waals surface area (Å²) in [6.07, 6.45) is 7.75. The Morgan fingerprint density at radius 3 is 2.52 bits per heavy atom. The minimum absolute atomic E-state index is 0.246. The summed E-state index contributed by atoms with van der Waals surface area (Å²) in [7, 11) is 0. The van der Waals surface area contributed by atoms with Crippen LogP contribution in [0.3, 0.4) is 0 Å². The molecule has 1 aromatic rings. The molecule has 2 aliphatic rings. The monoisotopic (exact) mass is 284 g/mol. The molecule has 2 heteroatoms. The highest BCUT2D eigenvalue weighted by molar-refractivity contribution is 5.55. The average molecular weight is 284 g/mol. The lowest BCUT2D eigenvalue weighted by Gasteiger charge is -2.45. The Balaban J connectivity index is 1.84. The van der Waals surface area contributed by atoms with Crippen LogP contribution in [0.5, 0.6) is 0 Å². The molecule has 2 fully saturated rings. The molecule has 0 amide bonds. The summed E-state index contributed by atoms with van der Waals surface area (Å²) < 4.78 is 0. The zero-order valence-electron chi connectivity index (χ0n) is 13.4. The van der Waals surface area contributed by atoms with Gasteiger partial charge in [-0.2, -0.15) is 0 Å². The molecular weight excluding hydrogens is 256 g/mol. The van der Waals surface area contributed by atoms with E-state index in [0.717, 1.165) is 6.54 Å². The van der Waals surface area contributed by atoms with E-state index in [4.69, 9.17) is 0 Å². The molecule has 0 spiro atoms. The van der Waals surface area contributed by atoms with Crippen LogP contribution in [-0.4, -0.2) is 36.1 Å². The topological polar surface area (TPSA) is 15.3 Å². The summed E-state index contributed by atoms with van der Waals surface area (Å²) in [5.41, 5.74) is 3.13. The fraction of sp³-hybridized carbons (Fsp3) is 0.579.